The second kappa shape index (κ2) is 9.90. The third kappa shape index (κ3) is 4.66. The Morgan fingerprint density at radius 3 is 2.26 bits per heavy atom. The van der Waals surface area contributed by atoms with Gasteiger partial charge in [0.2, 0.25) is 5.91 Å². The Kier molecular flexibility index (Phi) is 6.54. The van der Waals surface area contributed by atoms with E-state index in [1.54, 1.807) is 7.11 Å². The van der Waals surface area contributed by atoms with Crippen LogP contribution in [0.5, 0.6) is 5.75 Å². The number of methoxy groups -OCH3 is 1. The minimum Gasteiger partial charge on any atom is -0.497 e. The molecule has 0 unspecified atom stereocenters. The summed E-state index contributed by atoms with van der Waals surface area (Å²) < 4.78 is 7.45. The molecule has 2 aromatic heterocycles. The number of aromatic nitrogens is 2. The van der Waals surface area contributed by atoms with Crippen LogP contribution in [0, 0.1) is 0 Å². The van der Waals surface area contributed by atoms with Gasteiger partial charge in [0.25, 0.3) is 0 Å². The lowest BCUT2D eigenvalue weighted by Crippen LogP contribution is -2.33. The van der Waals surface area contributed by atoms with Crippen LogP contribution in [0.2, 0.25) is 5.02 Å². The number of likely N-dealkylation sites (tertiary alicyclic amines) is 1. The summed E-state index contributed by atoms with van der Waals surface area (Å²) in [6, 6.07) is 19.7. The second-order valence-corrected chi connectivity index (χ2v) is 9.22. The van der Waals surface area contributed by atoms with Crippen molar-refractivity contribution in [3.8, 4) is 28.3 Å². The van der Waals surface area contributed by atoms with Gasteiger partial charge < -0.3 is 9.64 Å². The Labute approximate surface area is 205 Å². The van der Waals surface area contributed by atoms with Crippen LogP contribution in [-0.4, -0.2) is 40.4 Å². The summed E-state index contributed by atoms with van der Waals surface area (Å²) >= 11 is 6.14. The van der Waals surface area contributed by atoms with Crippen molar-refractivity contribution >= 4 is 23.2 Å². The van der Waals surface area contributed by atoms with Gasteiger partial charge in [-0.25, -0.2) is 4.98 Å². The van der Waals surface area contributed by atoms with Crippen molar-refractivity contribution in [3.05, 3.63) is 77.4 Å². The number of carbonyl (C=O) groups is 1. The second-order valence-electron chi connectivity index (χ2n) is 8.78. The Bertz CT molecular complexity index is 1290. The molecule has 0 radical (unpaired) electrons. The average molecular weight is 474 g/mol. The van der Waals surface area contributed by atoms with E-state index in [1.807, 2.05) is 65.6 Å². The Morgan fingerprint density at radius 2 is 1.59 bits per heavy atom. The first-order valence-electron chi connectivity index (χ1n) is 11.8. The molecule has 0 aliphatic carbocycles. The van der Waals surface area contributed by atoms with Crippen LogP contribution in [-0.2, 0) is 11.2 Å². The molecule has 4 aromatic rings. The Hall–Kier alpha value is -3.31. The van der Waals surface area contributed by atoms with E-state index in [-0.39, 0.29) is 5.91 Å². The molecule has 0 saturated carbocycles. The molecule has 1 aliphatic rings. The Morgan fingerprint density at radius 1 is 0.912 bits per heavy atom. The van der Waals surface area contributed by atoms with Crippen molar-refractivity contribution in [3.63, 3.8) is 0 Å². The van der Waals surface area contributed by atoms with Gasteiger partial charge in [-0.15, -0.1) is 0 Å². The molecule has 3 heterocycles. The van der Waals surface area contributed by atoms with E-state index < -0.39 is 0 Å². The van der Waals surface area contributed by atoms with Gasteiger partial charge in [-0.1, -0.05) is 42.6 Å². The highest BCUT2D eigenvalue weighted by Crippen LogP contribution is 2.34. The smallest absolute Gasteiger partial charge is 0.227 e. The molecule has 5 rings (SSSR count). The zero-order valence-corrected chi connectivity index (χ0v) is 20.1. The fourth-order valence-corrected chi connectivity index (χ4v) is 4.76. The first-order chi connectivity index (χ1) is 16.6. The zero-order valence-electron chi connectivity index (χ0n) is 19.3. The fraction of sp³-hybridized carbons (Fsp3) is 0.286. The standard InChI is InChI=1S/C28H28ClN3O2/c1-34-24-13-9-22(10-14-24)28-27(21-7-11-23(29)12-8-21)30-25-15-6-20(19-32(25)28)18-26(33)31-16-4-2-3-5-17-31/h6-15,19H,2-5,16-18H2,1H3. The summed E-state index contributed by atoms with van der Waals surface area (Å²) in [5.41, 5.74) is 5.68. The maximum atomic E-state index is 13.0. The Balaban J connectivity index is 1.56. The van der Waals surface area contributed by atoms with E-state index in [2.05, 4.69) is 10.6 Å². The summed E-state index contributed by atoms with van der Waals surface area (Å²) in [5, 5.41) is 0.688. The van der Waals surface area contributed by atoms with Crippen LogP contribution in [0.3, 0.4) is 0 Å². The van der Waals surface area contributed by atoms with E-state index in [4.69, 9.17) is 21.3 Å². The molecule has 6 heteroatoms. The van der Waals surface area contributed by atoms with E-state index in [0.29, 0.717) is 11.4 Å². The lowest BCUT2D eigenvalue weighted by molar-refractivity contribution is -0.130. The van der Waals surface area contributed by atoms with Gasteiger partial charge in [0.1, 0.15) is 11.4 Å². The number of amides is 1. The molecular formula is C28H28ClN3O2. The number of benzene rings is 2. The van der Waals surface area contributed by atoms with E-state index >= 15 is 0 Å². The van der Waals surface area contributed by atoms with E-state index in [9.17, 15) is 4.79 Å². The molecule has 5 nitrogen and oxygen atoms in total. The van der Waals surface area contributed by atoms with Crippen molar-refractivity contribution < 1.29 is 9.53 Å². The maximum Gasteiger partial charge on any atom is 0.227 e. The van der Waals surface area contributed by atoms with Gasteiger partial charge in [-0.05, 0) is 60.9 Å². The number of hydrogen-bond donors (Lipinski definition) is 0. The van der Waals surface area contributed by atoms with Crippen molar-refractivity contribution in [2.45, 2.75) is 32.1 Å². The molecule has 1 aliphatic heterocycles. The first kappa shape index (κ1) is 22.5. The third-order valence-electron chi connectivity index (χ3n) is 6.48. The molecular weight excluding hydrogens is 446 g/mol. The molecule has 1 amide bonds. The van der Waals surface area contributed by atoms with Gasteiger partial charge in [0.15, 0.2) is 0 Å². The maximum absolute atomic E-state index is 13.0. The third-order valence-corrected chi connectivity index (χ3v) is 6.73. The van der Waals surface area contributed by atoms with Gasteiger partial charge >= 0.3 is 0 Å². The summed E-state index contributed by atoms with van der Waals surface area (Å²) in [6.07, 6.45) is 7.06. The number of rotatable bonds is 5. The van der Waals surface area contributed by atoms with Gasteiger partial charge in [-0.3, -0.25) is 9.20 Å². The lowest BCUT2D eigenvalue weighted by Gasteiger charge is -2.20. The molecule has 0 spiro atoms. The van der Waals surface area contributed by atoms with Crippen LogP contribution in [0.25, 0.3) is 28.2 Å². The van der Waals surface area contributed by atoms with Crippen molar-refractivity contribution in [1.29, 1.82) is 0 Å². The molecule has 1 saturated heterocycles. The molecule has 34 heavy (non-hydrogen) atoms. The van der Waals surface area contributed by atoms with Crippen LogP contribution >= 0.6 is 11.6 Å². The number of ether oxygens (including phenoxy) is 1. The van der Waals surface area contributed by atoms with Gasteiger partial charge in [0.05, 0.1) is 24.9 Å². The number of pyridine rings is 1. The number of hydrogen-bond acceptors (Lipinski definition) is 3. The molecule has 2 aromatic carbocycles. The van der Waals surface area contributed by atoms with Crippen molar-refractivity contribution in [1.82, 2.24) is 14.3 Å². The van der Waals surface area contributed by atoms with Crippen LogP contribution in [0.15, 0.2) is 66.9 Å². The van der Waals surface area contributed by atoms with Crippen LogP contribution in [0.1, 0.15) is 31.2 Å². The highest BCUT2D eigenvalue weighted by molar-refractivity contribution is 6.30. The highest BCUT2D eigenvalue weighted by atomic mass is 35.5. The molecule has 0 atom stereocenters. The fourth-order valence-electron chi connectivity index (χ4n) is 4.63. The van der Waals surface area contributed by atoms with Crippen molar-refractivity contribution in [2.24, 2.45) is 0 Å². The number of nitrogens with zero attached hydrogens (tertiary/aromatic N) is 3. The number of carbonyl (C=O) groups excluding carboxylic acids is 1. The SMILES string of the molecule is COc1ccc(-c2c(-c3ccc(Cl)cc3)nc3ccc(CC(=O)N4CCCCCC4)cn23)cc1. The lowest BCUT2D eigenvalue weighted by atomic mass is 10.0. The zero-order chi connectivity index (χ0) is 23.5. The normalized spacial score (nSPS) is 14.2. The minimum absolute atomic E-state index is 0.199. The highest BCUT2D eigenvalue weighted by Gasteiger charge is 2.19. The first-order valence-corrected chi connectivity index (χ1v) is 12.2. The predicted molar refractivity (Wildman–Crippen MR) is 136 cm³/mol. The summed E-state index contributed by atoms with van der Waals surface area (Å²) in [4.78, 5) is 20.0. The number of halogens is 1. The quantitative estimate of drug-likeness (QED) is 0.343. The summed E-state index contributed by atoms with van der Waals surface area (Å²) in [7, 11) is 1.66. The summed E-state index contributed by atoms with van der Waals surface area (Å²) in [5.74, 6) is 1.000. The van der Waals surface area contributed by atoms with Crippen molar-refractivity contribution in [2.75, 3.05) is 20.2 Å². The van der Waals surface area contributed by atoms with E-state index in [0.717, 1.165) is 65.4 Å². The number of fused-ring (bicyclic) bond motifs is 1. The van der Waals surface area contributed by atoms with Crippen LogP contribution < -0.4 is 4.74 Å². The van der Waals surface area contributed by atoms with Crippen LogP contribution in [0.4, 0.5) is 0 Å². The summed E-state index contributed by atoms with van der Waals surface area (Å²) in [6.45, 7) is 1.73. The molecule has 174 valence electrons. The largest absolute Gasteiger partial charge is 0.497 e. The average Bonchev–Trinajstić information content (AvgIpc) is 3.03. The molecule has 0 N–H and O–H groups in total. The number of imidazole rings is 1. The topological polar surface area (TPSA) is 46.8 Å². The minimum atomic E-state index is 0.199. The molecule has 0 bridgehead atoms. The molecule has 1 fully saturated rings. The van der Waals surface area contributed by atoms with E-state index in [1.165, 1.54) is 12.8 Å². The van der Waals surface area contributed by atoms with Gasteiger partial charge in [0, 0.05) is 35.4 Å². The monoisotopic (exact) mass is 473 g/mol. The van der Waals surface area contributed by atoms with Gasteiger partial charge in [-0.2, -0.15) is 0 Å². The predicted octanol–water partition coefficient (Wildman–Crippen LogP) is 6.28.